The molecular formula is C21H16Cl3NO6. The maximum absolute atomic E-state index is 12.3. The van der Waals surface area contributed by atoms with Gasteiger partial charge in [0.25, 0.3) is 0 Å². The summed E-state index contributed by atoms with van der Waals surface area (Å²) in [5.41, 5.74) is 1.08. The predicted octanol–water partition coefficient (Wildman–Crippen LogP) is 4.94. The van der Waals surface area contributed by atoms with Gasteiger partial charge in [0.15, 0.2) is 23.8 Å². The van der Waals surface area contributed by atoms with Crippen LogP contribution in [0.1, 0.15) is 18.1 Å². The first-order valence-corrected chi connectivity index (χ1v) is 10.1. The molecule has 0 aliphatic carbocycles. The third-order valence-corrected chi connectivity index (χ3v) is 5.00. The molecule has 0 bridgehead atoms. The minimum atomic E-state index is -0.638. The Bertz CT molecular complexity index is 1100. The summed E-state index contributed by atoms with van der Waals surface area (Å²) in [7, 11) is 1.25. The van der Waals surface area contributed by atoms with E-state index in [1.54, 1.807) is 37.3 Å². The summed E-state index contributed by atoms with van der Waals surface area (Å²) in [6.45, 7) is 1.78. The summed E-state index contributed by atoms with van der Waals surface area (Å²) in [6.07, 6.45) is 1.49. The molecule has 0 N–H and O–H groups in total. The smallest absolute Gasteiger partial charge is 0.363 e. The number of ether oxygens (including phenoxy) is 4. The van der Waals surface area contributed by atoms with Crippen molar-refractivity contribution in [2.45, 2.75) is 6.92 Å². The minimum absolute atomic E-state index is 0.0582. The Labute approximate surface area is 193 Å². The van der Waals surface area contributed by atoms with Gasteiger partial charge in [-0.05, 0) is 48.9 Å². The summed E-state index contributed by atoms with van der Waals surface area (Å²) in [5, 5.41) is 0.867. The van der Waals surface area contributed by atoms with Gasteiger partial charge in [-0.1, -0.05) is 34.8 Å². The van der Waals surface area contributed by atoms with Crippen LogP contribution < -0.4 is 9.47 Å². The molecule has 0 aromatic heterocycles. The molecular weight excluding hydrogens is 469 g/mol. The van der Waals surface area contributed by atoms with Gasteiger partial charge < -0.3 is 18.9 Å². The molecule has 0 saturated carbocycles. The molecule has 1 aliphatic rings. The van der Waals surface area contributed by atoms with Crippen molar-refractivity contribution in [2.75, 3.05) is 20.3 Å². The van der Waals surface area contributed by atoms with Gasteiger partial charge in [-0.2, -0.15) is 0 Å². The molecule has 7 nitrogen and oxygen atoms in total. The van der Waals surface area contributed by atoms with Crippen LogP contribution in [-0.4, -0.2) is 38.2 Å². The second-order valence-electron chi connectivity index (χ2n) is 6.09. The van der Waals surface area contributed by atoms with Gasteiger partial charge in [-0.3, -0.25) is 0 Å². The molecule has 0 unspecified atom stereocenters. The van der Waals surface area contributed by atoms with E-state index in [0.29, 0.717) is 33.5 Å². The third-order valence-electron chi connectivity index (χ3n) is 3.98. The van der Waals surface area contributed by atoms with E-state index < -0.39 is 11.9 Å². The van der Waals surface area contributed by atoms with E-state index in [9.17, 15) is 9.59 Å². The fraction of sp³-hybridized carbons (Fsp3) is 0.190. The lowest BCUT2D eigenvalue weighted by molar-refractivity contribution is -0.143. The number of esters is 2. The molecule has 0 saturated heterocycles. The van der Waals surface area contributed by atoms with Crippen LogP contribution in [0.3, 0.4) is 0 Å². The first-order chi connectivity index (χ1) is 14.8. The fourth-order valence-electron chi connectivity index (χ4n) is 2.58. The average Bonchev–Trinajstić information content (AvgIpc) is 3.09. The van der Waals surface area contributed by atoms with Crippen LogP contribution in [0.4, 0.5) is 0 Å². The number of nitrogens with zero attached hydrogens (tertiary/aromatic N) is 1. The standard InChI is InChI=1S/C21H16Cl3NO6/c1-3-29-17-8-11(6-15(24)19(17)30-10-18(26)28-2)7-16-21(27)31-20(25-16)12-4-5-13(22)14(23)9-12/h4-9H,3,10H2,1-2H3/b16-7-. The maximum Gasteiger partial charge on any atom is 0.363 e. The molecule has 2 aromatic rings. The van der Waals surface area contributed by atoms with Crippen LogP contribution in [0.25, 0.3) is 6.08 Å². The highest BCUT2D eigenvalue weighted by Crippen LogP contribution is 2.37. The lowest BCUT2D eigenvalue weighted by Crippen LogP contribution is -2.13. The van der Waals surface area contributed by atoms with E-state index in [-0.39, 0.29) is 29.0 Å². The Hall–Kier alpha value is -2.74. The number of hydrogen-bond donors (Lipinski definition) is 0. The highest BCUT2D eigenvalue weighted by molar-refractivity contribution is 6.42. The van der Waals surface area contributed by atoms with Crippen LogP contribution >= 0.6 is 34.8 Å². The fourth-order valence-corrected chi connectivity index (χ4v) is 3.16. The first-order valence-electron chi connectivity index (χ1n) is 8.96. The molecule has 0 fully saturated rings. The summed E-state index contributed by atoms with van der Waals surface area (Å²) >= 11 is 18.2. The van der Waals surface area contributed by atoms with Crippen molar-refractivity contribution < 1.29 is 28.5 Å². The molecule has 3 rings (SSSR count). The Balaban J connectivity index is 1.92. The Morgan fingerprint density at radius 1 is 1.10 bits per heavy atom. The van der Waals surface area contributed by atoms with Gasteiger partial charge in [-0.25, -0.2) is 14.6 Å². The lowest BCUT2D eigenvalue weighted by atomic mass is 10.1. The molecule has 31 heavy (non-hydrogen) atoms. The summed E-state index contributed by atoms with van der Waals surface area (Å²) in [4.78, 5) is 27.9. The van der Waals surface area contributed by atoms with Crippen LogP contribution in [-0.2, 0) is 19.1 Å². The number of cyclic esters (lactones) is 1. The van der Waals surface area contributed by atoms with Crippen molar-refractivity contribution in [1.29, 1.82) is 0 Å². The molecule has 10 heteroatoms. The van der Waals surface area contributed by atoms with E-state index in [1.165, 1.54) is 13.2 Å². The number of rotatable bonds is 7. The quantitative estimate of drug-likeness (QED) is 0.409. The number of hydrogen-bond acceptors (Lipinski definition) is 7. The predicted molar refractivity (Wildman–Crippen MR) is 117 cm³/mol. The third kappa shape index (κ3) is 5.50. The van der Waals surface area contributed by atoms with E-state index >= 15 is 0 Å². The molecule has 0 amide bonds. The van der Waals surface area contributed by atoms with E-state index in [4.69, 9.17) is 49.0 Å². The zero-order chi connectivity index (χ0) is 22.5. The Morgan fingerprint density at radius 3 is 2.55 bits per heavy atom. The van der Waals surface area contributed by atoms with Crippen molar-refractivity contribution in [3.8, 4) is 11.5 Å². The highest BCUT2D eigenvalue weighted by atomic mass is 35.5. The van der Waals surface area contributed by atoms with Crippen molar-refractivity contribution in [3.05, 3.63) is 62.2 Å². The summed E-state index contributed by atoms with van der Waals surface area (Å²) < 4.78 is 20.8. The van der Waals surface area contributed by atoms with Crippen LogP contribution in [0.15, 0.2) is 41.0 Å². The van der Waals surface area contributed by atoms with Crippen LogP contribution in [0.5, 0.6) is 11.5 Å². The molecule has 1 heterocycles. The molecule has 0 spiro atoms. The van der Waals surface area contributed by atoms with Gasteiger partial charge in [0.05, 0.1) is 28.8 Å². The molecule has 2 aromatic carbocycles. The number of carbonyl (C=O) groups excluding carboxylic acids is 2. The SMILES string of the molecule is CCOc1cc(/C=C2\N=C(c3ccc(Cl)c(Cl)c3)OC2=O)cc(Cl)c1OCC(=O)OC. The van der Waals surface area contributed by atoms with E-state index in [2.05, 4.69) is 9.73 Å². The van der Waals surface area contributed by atoms with Crippen molar-refractivity contribution in [2.24, 2.45) is 4.99 Å². The molecule has 1 aliphatic heterocycles. The molecule has 0 radical (unpaired) electrons. The summed E-state index contributed by atoms with van der Waals surface area (Å²) in [5.74, 6) is -0.622. The van der Waals surface area contributed by atoms with E-state index in [1.807, 2.05) is 0 Å². The Kier molecular flexibility index (Phi) is 7.43. The highest BCUT2D eigenvalue weighted by Gasteiger charge is 2.25. The zero-order valence-corrected chi connectivity index (χ0v) is 18.7. The molecule has 0 atom stereocenters. The second kappa shape index (κ2) is 10.0. The Morgan fingerprint density at radius 2 is 1.87 bits per heavy atom. The number of carbonyl (C=O) groups is 2. The number of benzene rings is 2. The van der Waals surface area contributed by atoms with Gasteiger partial charge in [-0.15, -0.1) is 0 Å². The normalized spacial score (nSPS) is 14.3. The number of halogens is 3. The van der Waals surface area contributed by atoms with Crippen molar-refractivity contribution in [1.82, 2.24) is 0 Å². The van der Waals surface area contributed by atoms with Gasteiger partial charge in [0.2, 0.25) is 5.90 Å². The van der Waals surface area contributed by atoms with Crippen molar-refractivity contribution in [3.63, 3.8) is 0 Å². The largest absolute Gasteiger partial charge is 0.490 e. The molecule has 162 valence electrons. The van der Waals surface area contributed by atoms with Gasteiger partial charge in [0.1, 0.15) is 0 Å². The van der Waals surface area contributed by atoms with Gasteiger partial charge in [0, 0.05) is 5.56 Å². The topological polar surface area (TPSA) is 83.4 Å². The maximum atomic E-state index is 12.3. The van der Waals surface area contributed by atoms with Crippen LogP contribution in [0, 0.1) is 0 Å². The monoisotopic (exact) mass is 483 g/mol. The lowest BCUT2D eigenvalue weighted by Gasteiger charge is -2.13. The zero-order valence-electron chi connectivity index (χ0n) is 16.4. The van der Waals surface area contributed by atoms with Crippen molar-refractivity contribution >= 4 is 58.7 Å². The first kappa shape index (κ1) is 22.9. The second-order valence-corrected chi connectivity index (χ2v) is 7.31. The number of aliphatic imine (C=N–C) groups is 1. The summed E-state index contributed by atoms with van der Waals surface area (Å²) in [6, 6.07) is 7.92. The van der Waals surface area contributed by atoms with Crippen LogP contribution in [0.2, 0.25) is 15.1 Å². The minimum Gasteiger partial charge on any atom is -0.490 e. The number of methoxy groups -OCH3 is 1. The van der Waals surface area contributed by atoms with E-state index in [0.717, 1.165) is 0 Å². The average molecular weight is 485 g/mol. The van der Waals surface area contributed by atoms with Gasteiger partial charge >= 0.3 is 11.9 Å².